The third kappa shape index (κ3) is 6.31. The van der Waals surface area contributed by atoms with Crippen molar-refractivity contribution in [3.05, 3.63) is 46.4 Å². The third-order valence-corrected chi connectivity index (χ3v) is 4.76. The Balaban J connectivity index is 2.01. The second-order valence-corrected chi connectivity index (χ2v) is 7.20. The van der Waals surface area contributed by atoms with Gasteiger partial charge in [0, 0.05) is 23.6 Å². The van der Waals surface area contributed by atoms with E-state index in [9.17, 15) is 9.59 Å². The monoisotopic (exact) mass is 448 g/mol. The van der Waals surface area contributed by atoms with Crippen LogP contribution in [0.2, 0.25) is 0 Å². The lowest BCUT2D eigenvalue weighted by atomic mass is 10.2. The summed E-state index contributed by atoms with van der Waals surface area (Å²) in [6.07, 6.45) is 0. The summed E-state index contributed by atoms with van der Waals surface area (Å²) >= 11 is 4.62. The van der Waals surface area contributed by atoms with E-state index in [1.165, 1.54) is 24.8 Å². The highest BCUT2D eigenvalue weighted by Gasteiger charge is 2.16. The molecule has 0 aliphatic carbocycles. The van der Waals surface area contributed by atoms with Crippen molar-refractivity contribution in [1.82, 2.24) is 0 Å². The van der Waals surface area contributed by atoms with Gasteiger partial charge in [-0.2, -0.15) is 5.26 Å². The summed E-state index contributed by atoms with van der Waals surface area (Å²) in [7, 11) is 0. The number of benzene rings is 2. The molecule has 0 aliphatic heterocycles. The SMILES string of the molecule is CCOc1cc(C#N)cc(Br)c1OC(=O)CSc1ccc(NC(C)=O)cc1. The van der Waals surface area contributed by atoms with Gasteiger partial charge in [0.2, 0.25) is 5.91 Å². The fraction of sp³-hybridized carbons (Fsp3) is 0.211. The molecule has 0 saturated carbocycles. The van der Waals surface area contributed by atoms with Gasteiger partial charge in [0.25, 0.3) is 0 Å². The van der Waals surface area contributed by atoms with Gasteiger partial charge in [0.1, 0.15) is 0 Å². The zero-order valence-electron chi connectivity index (χ0n) is 14.7. The molecule has 0 aromatic heterocycles. The molecule has 140 valence electrons. The maximum atomic E-state index is 12.2. The Kier molecular flexibility index (Phi) is 7.70. The van der Waals surface area contributed by atoms with E-state index in [1.54, 1.807) is 25.1 Å². The number of halogens is 1. The van der Waals surface area contributed by atoms with Crippen molar-refractivity contribution in [2.75, 3.05) is 17.7 Å². The lowest BCUT2D eigenvalue weighted by Gasteiger charge is -2.13. The number of nitriles is 1. The Morgan fingerprint density at radius 3 is 2.56 bits per heavy atom. The number of hydrogen-bond acceptors (Lipinski definition) is 6. The number of amides is 1. The lowest BCUT2D eigenvalue weighted by molar-refractivity contribution is -0.131. The Morgan fingerprint density at radius 1 is 1.26 bits per heavy atom. The number of ether oxygens (including phenoxy) is 2. The zero-order chi connectivity index (χ0) is 19.8. The largest absolute Gasteiger partial charge is 0.490 e. The fourth-order valence-corrected chi connectivity index (χ4v) is 3.31. The smallest absolute Gasteiger partial charge is 0.321 e. The summed E-state index contributed by atoms with van der Waals surface area (Å²) in [6, 6.07) is 12.3. The Morgan fingerprint density at radius 2 is 1.96 bits per heavy atom. The molecule has 0 unspecified atom stereocenters. The molecule has 0 saturated heterocycles. The average molecular weight is 449 g/mol. The van der Waals surface area contributed by atoms with E-state index >= 15 is 0 Å². The molecule has 0 fully saturated rings. The van der Waals surface area contributed by atoms with Gasteiger partial charge in [-0.15, -0.1) is 11.8 Å². The number of nitrogens with zero attached hydrogens (tertiary/aromatic N) is 1. The Labute approximate surface area is 170 Å². The number of nitrogens with one attached hydrogen (secondary N) is 1. The highest BCUT2D eigenvalue weighted by molar-refractivity contribution is 9.10. The van der Waals surface area contributed by atoms with Crippen molar-refractivity contribution < 1.29 is 19.1 Å². The predicted octanol–water partition coefficient (Wildman–Crippen LogP) is 4.38. The first-order valence-corrected chi connectivity index (χ1v) is 9.78. The van der Waals surface area contributed by atoms with E-state index in [1.807, 2.05) is 18.2 Å². The van der Waals surface area contributed by atoms with Gasteiger partial charge < -0.3 is 14.8 Å². The van der Waals surface area contributed by atoms with Gasteiger partial charge in [-0.3, -0.25) is 9.59 Å². The summed E-state index contributed by atoms with van der Waals surface area (Å²) in [4.78, 5) is 24.1. The average Bonchev–Trinajstić information content (AvgIpc) is 2.63. The number of esters is 1. The molecule has 0 heterocycles. The van der Waals surface area contributed by atoms with Crippen LogP contribution in [-0.2, 0) is 9.59 Å². The van der Waals surface area contributed by atoms with E-state index in [-0.39, 0.29) is 17.4 Å². The van der Waals surface area contributed by atoms with E-state index in [2.05, 4.69) is 21.2 Å². The molecule has 2 aromatic rings. The van der Waals surface area contributed by atoms with Gasteiger partial charge in [-0.25, -0.2) is 0 Å². The van der Waals surface area contributed by atoms with Crippen LogP contribution in [0.5, 0.6) is 11.5 Å². The summed E-state index contributed by atoms with van der Waals surface area (Å²) in [5.41, 5.74) is 1.09. The Bertz CT molecular complexity index is 879. The number of rotatable bonds is 7. The minimum Gasteiger partial charge on any atom is -0.490 e. The van der Waals surface area contributed by atoms with Crippen LogP contribution < -0.4 is 14.8 Å². The molecule has 0 radical (unpaired) electrons. The van der Waals surface area contributed by atoms with E-state index in [0.29, 0.717) is 28.1 Å². The molecule has 0 aliphatic rings. The minimum atomic E-state index is -0.447. The zero-order valence-corrected chi connectivity index (χ0v) is 17.1. The summed E-state index contributed by atoms with van der Waals surface area (Å²) in [5, 5.41) is 11.7. The van der Waals surface area contributed by atoms with Crippen LogP contribution >= 0.6 is 27.7 Å². The molecular formula is C19H17BrN2O4S. The molecule has 8 heteroatoms. The quantitative estimate of drug-likeness (QED) is 0.384. The second-order valence-electron chi connectivity index (χ2n) is 5.30. The molecule has 2 aromatic carbocycles. The summed E-state index contributed by atoms with van der Waals surface area (Å²) < 4.78 is 11.4. The Hall–Kier alpha value is -2.50. The van der Waals surface area contributed by atoms with E-state index in [4.69, 9.17) is 14.7 Å². The van der Waals surface area contributed by atoms with Crippen molar-refractivity contribution in [1.29, 1.82) is 5.26 Å². The third-order valence-electron chi connectivity index (χ3n) is 3.19. The molecule has 0 bridgehead atoms. The van der Waals surface area contributed by atoms with Crippen LogP contribution in [0.1, 0.15) is 19.4 Å². The van der Waals surface area contributed by atoms with Gasteiger partial charge in [-0.1, -0.05) is 0 Å². The molecule has 1 amide bonds. The first kappa shape index (κ1) is 20.8. The van der Waals surface area contributed by atoms with Crippen LogP contribution in [0.25, 0.3) is 0 Å². The van der Waals surface area contributed by atoms with Crippen molar-refractivity contribution in [3.63, 3.8) is 0 Å². The second kappa shape index (κ2) is 10.00. The van der Waals surface area contributed by atoms with Crippen LogP contribution in [0, 0.1) is 11.3 Å². The van der Waals surface area contributed by atoms with Crippen molar-refractivity contribution >= 4 is 45.3 Å². The normalized spacial score (nSPS) is 10.0. The van der Waals surface area contributed by atoms with E-state index in [0.717, 1.165) is 4.90 Å². The maximum Gasteiger partial charge on any atom is 0.321 e. The standard InChI is InChI=1S/C19H17BrN2O4S/c1-3-25-17-9-13(10-21)8-16(20)19(17)26-18(24)11-27-15-6-4-14(5-7-15)22-12(2)23/h4-9H,3,11H2,1-2H3,(H,22,23). The van der Waals surface area contributed by atoms with Crippen LogP contribution in [0.3, 0.4) is 0 Å². The maximum absolute atomic E-state index is 12.2. The molecule has 0 spiro atoms. The van der Waals surface area contributed by atoms with Crippen LogP contribution in [-0.4, -0.2) is 24.2 Å². The topological polar surface area (TPSA) is 88.4 Å². The molecule has 1 N–H and O–H groups in total. The first-order valence-electron chi connectivity index (χ1n) is 8.00. The van der Waals surface area contributed by atoms with Crippen molar-refractivity contribution in [2.24, 2.45) is 0 Å². The van der Waals surface area contributed by atoms with Gasteiger partial charge in [0.05, 0.1) is 28.5 Å². The molecule has 2 rings (SSSR count). The summed E-state index contributed by atoms with van der Waals surface area (Å²) in [6.45, 7) is 3.62. The highest BCUT2D eigenvalue weighted by Crippen LogP contribution is 2.37. The minimum absolute atomic E-state index is 0.0947. The predicted molar refractivity (Wildman–Crippen MR) is 107 cm³/mol. The summed E-state index contributed by atoms with van der Waals surface area (Å²) in [5.74, 6) is 0.0931. The lowest BCUT2D eigenvalue weighted by Crippen LogP contribution is -2.12. The highest BCUT2D eigenvalue weighted by atomic mass is 79.9. The number of anilines is 1. The van der Waals surface area contributed by atoms with Crippen LogP contribution in [0.4, 0.5) is 5.69 Å². The fourth-order valence-electron chi connectivity index (χ4n) is 2.12. The molecule has 0 atom stereocenters. The van der Waals surface area contributed by atoms with Crippen molar-refractivity contribution in [3.8, 4) is 17.6 Å². The number of hydrogen-bond donors (Lipinski definition) is 1. The number of carbonyl (C=O) groups excluding carboxylic acids is 2. The van der Waals surface area contributed by atoms with Gasteiger partial charge >= 0.3 is 5.97 Å². The van der Waals surface area contributed by atoms with Gasteiger partial charge in [0.15, 0.2) is 11.5 Å². The van der Waals surface area contributed by atoms with E-state index < -0.39 is 5.97 Å². The van der Waals surface area contributed by atoms with Crippen LogP contribution in [0.15, 0.2) is 45.8 Å². The first-order chi connectivity index (χ1) is 12.9. The van der Waals surface area contributed by atoms with Crippen molar-refractivity contribution in [2.45, 2.75) is 18.7 Å². The van der Waals surface area contributed by atoms with Gasteiger partial charge in [-0.05, 0) is 53.2 Å². The number of thioether (sulfide) groups is 1. The molecule has 6 nitrogen and oxygen atoms in total. The molecule has 27 heavy (non-hydrogen) atoms. The number of carbonyl (C=O) groups is 2. The molecular weight excluding hydrogens is 432 g/mol.